The third kappa shape index (κ3) is 4.25. The Balaban J connectivity index is 1.80. The van der Waals surface area contributed by atoms with Gasteiger partial charge in [0, 0.05) is 29.6 Å². The molecule has 25 heavy (non-hydrogen) atoms. The number of methoxy groups -OCH3 is 1. The molecule has 7 nitrogen and oxygen atoms in total. The van der Waals surface area contributed by atoms with E-state index in [0.29, 0.717) is 23.0 Å². The molecule has 0 unspecified atom stereocenters. The van der Waals surface area contributed by atoms with Crippen molar-refractivity contribution >= 4 is 33.0 Å². The van der Waals surface area contributed by atoms with Gasteiger partial charge >= 0.3 is 0 Å². The molecule has 2 heterocycles. The number of thiophene rings is 1. The second kappa shape index (κ2) is 7.63. The Morgan fingerprint density at radius 3 is 2.76 bits per heavy atom. The Morgan fingerprint density at radius 2 is 2.04 bits per heavy atom. The number of sulfonamides is 1. The van der Waals surface area contributed by atoms with Gasteiger partial charge in [-0.1, -0.05) is 16.8 Å². The van der Waals surface area contributed by atoms with E-state index in [4.69, 9.17) is 20.9 Å². The van der Waals surface area contributed by atoms with Crippen LogP contribution in [0.25, 0.3) is 22.8 Å². The lowest BCUT2D eigenvalue weighted by molar-refractivity contribution is 0.204. The van der Waals surface area contributed by atoms with Crippen LogP contribution in [0.15, 0.2) is 44.4 Å². The van der Waals surface area contributed by atoms with Gasteiger partial charge in [-0.25, -0.2) is 13.1 Å². The minimum Gasteiger partial charge on any atom is -0.383 e. The van der Waals surface area contributed by atoms with E-state index < -0.39 is 10.0 Å². The van der Waals surface area contributed by atoms with Crippen LogP contribution in [-0.2, 0) is 14.8 Å². The Kier molecular flexibility index (Phi) is 5.50. The molecule has 0 fully saturated rings. The SMILES string of the molecule is COCCNS(=O)(=O)c1cc(-c2nc(-c3ccc(Cl)cc3)no2)cs1. The van der Waals surface area contributed by atoms with Gasteiger partial charge < -0.3 is 9.26 Å². The molecule has 0 saturated carbocycles. The van der Waals surface area contributed by atoms with Crippen molar-refractivity contribution in [2.24, 2.45) is 0 Å². The number of benzene rings is 1. The molecule has 3 rings (SSSR count). The summed E-state index contributed by atoms with van der Waals surface area (Å²) in [6.07, 6.45) is 0. The van der Waals surface area contributed by atoms with Crippen LogP contribution in [0, 0.1) is 0 Å². The maximum absolute atomic E-state index is 12.2. The van der Waals surface area contributed by atoms with E-state index >= 15 is 0 Å². The molecule has 2 aromatic heterocycles. The van der Waals surface area contributed by atoms with Crippen LogP contribution in [0.3, 0.4) is 0 Å². The van der Waals surface area contributed by atoms with Crippen LogP contribution in [0.2, 0.25) is 5.02 Å². The van der Waals surface area contributed by atoms with Gasteiger partial charge in [0.05, 0.1) is 12.2 Å². The number of ether oxygens (including phenoxy) is 1. The summed E-state index contributed by atoms with van der Waals surface area (Å²) in [4.78, 5) is 4.30. The third-order valence-electron chi connectivity index (χ3n) is 3.21. The highest BCUT2D eigenvalue weighted by molar-refractivity contribution is 7.91. The number of halogens is 1. The van der Waals surface area contributed by atoms with E-state index in [9.17, 15) is 8.42 Å². The van der Waals surface area contributed by atoms with Crippen LogP contribution in [-0.4, -0.2) is 38.8 Å². The third-order valence-corrected chi connectivity index (χ3v) is 6.37. The maximum Gasteiger partial charge on any atom is 0.259 e. The van der Waals surface area contributed by atoms with Crippen molar-refractivity contribution in [2.45, 2.75) is 4.21 Å². The Labute approximate surface area is 153 Å². The van der Waals surface area contributed by atoms with Crippen molar-refractivity contribution in [3.8, 4) is 22.8 Å². The minimum absolute atomic E-state index is 0.171. The quantitative estimate of drug-likeness (QED) is 0.613. The van der Waals surface area contributed by atoms with Crippen LogP contribution in [0.5, 0.6) is 0 Å². The molecule has 132 valence electrons. The van der Waals surface area contributed by atoms with Gasteiger partial charge in [-0.15, -0.1) is 11.3 Å². The van der Waals surface area contributed by atoms with Crippen LogP contribution in [0.1, 0.15) is 0 Å². The molecule has 0 atom stereocenters. The lowest BCUT2D eigenvalue weighted by atomic mass is 10.2. The van der Waals surface area contributed by atoms with E-state index in [1.165, 1.54) is 13.2 Å². The van der Waals surface area contributed by atoms with Gasteiger partial charge in [0.15, 0.2) is 0 Å². The molecule has 0 spiro atoms. The topological polar surface area (TPSA) is 94.3 Å². The van der Waals surface area contributed by atoms with Crippen molar-refractivity contribution in [1.29, 1.82) is 0 Å². The number of nitrogens with one attached hydrogen (secondary N) is 1. The number of hydrogen-bond donors (Lipinski definition) is 1. The standard InChI is InChI=1S/C15H14ClN3O4S2/c1-22-7-6-17-25(20,21)13-8-11(9-24-13)15-18-14(19-23-15)10-2-4-12(16)5-3-10/h2-5,8-9,17H,6-7H2,1H3. The smallest absolute Gasteiger partial charge is 0.259 e. The largest absolute Gasteiger partial charge is 0.383 e. The summed E-state index contributed by atoms with van der Waals surface area (Å²) >= 11 is 6.94. The monoisotopic (exact) mass is 399 g/mol. The highest BCUT2D eigenvalue weighted by atomic mass is 35.5. The summed E-state index contributed by atoms with van der Waals surface area (Å²) in [6, 6.07) is 8.51. The van der Waals surface area contributed by atoms with Crippen molar-refractivity contribution in [2.75, 3.05) is 20.3 Å². The van der Waals surface area contributed by atoms with E-state index in [2.05, 4.69) is 14.9 Å². The molecule has 0 saturated heterocycles. The summed E-state index contributed by atoms with van der Waals surface area (Å²) in [5, 5.41) is 6.19. The molecule has 0 aliphatic heterocycles. The molecule has 10 heteroatoms. The summed E-state index contributed by atoms with van der Waals surface area (Å²) in [5.41, 5.74) is 1.30. The van der Waals surface area contributed by atoms with Gasteiger partial charge in [-0.2, -0.15) is 4.98 Å². The summed E-state index contributed by atoms with van der Waals surface area (Å²) in [6.45, 7) is 0.499. The number of aromatic nitrogens is 2. The molecular formula is C15H14ClN3O4S2. The number of hydrogen-bond acceptors (Lipinski definition) is 7. The summed E-state index contributed by atoms with van der Waals surface area (Å²) < 4.78 is 37.0. The van der Waals surface area contributed by atoms with Crippen LogP contribution >= 0.6 is 22.9 Å². The van der Waals surface area contributed by atoms with E-state index in [-0.39, 0.29) is 16.6 Å². The van der Waals surface area contributed by atoms with Crippen molar-refractivity contribution in [3.05, 3.63) is 40.7 Å². The molecule has 0 radical (unpaired) electrons. The van der Waals surface area contributed by atoms with Gasteiger partial charge in [0.25, 0.3) is 5.89 Å². The lowest BCUT2D eigenvalue weighted by Crippen LogP contribution is -2.26. The lowest BCUT2D eigenvalue weighted by Gasteiger charge is -2.02. The molecule has 0 aliphatic carbocycles. The second-order valence-electron chi connectivity index (χ2n) is 4.98. The predicted molar refractivity (Wildman–Crippen MR) is 95.1 cm³/mol. The van der Waals surface area contributed by atoms with Crippen molar-refractivity contribution < 1.29 is 17.7 Å². The fourth-order valence-electron chi connectivity index (χ4n) is 1.98. The second-order valence-corrected chi connectivity index (χ2v) is 8.32. The van der Waals surface area contributed by atoms with Crippen molar-refractivity contribution in [3.63, 3.8) is 0 Å². The molecule has 1 aromatic carbocycles. The van der Waals surface area contributed by atoms with Crippen LogP contribution in [0.4, 0.5) is 0 Å². The first kappa shape index (κ1) is 18.0. The predicted octanol–water partition coefficient (Wildman–Crippen LogP) is 3.04. The Bertz CT molecular complexity index is 951. The summed E-state index contributed by atoms with van der Waals surface area (Å²) in [7, 11) is -2.08. The zero-order valence-electron chi connectivity index (χ0n) is 13.1. The minimum atomic E-state index is -3.59. The molecular weight excluding hydrogens is 386 g/mol. The van der Waals surface area contributed by atoms with Crippen molar-refractivity contribution in [1.82, 2.24) is 14.9 Å². The van der Waals surface area contributed by atoms with E-state index in [1.807, 2.05) is 0 Å². The fraction of sp³-hybridized carbons (Fsp3) is 0.200. The van der Waals surface area contributed by atoms with E-state index in [0.717, 1.165) is 16.9 Å². The van der Waals surface area contributed by atoms with Gasteiger partial charge in [-0.3, -0.25) is 0 Å². The van der Waals surface area contributed by atoms with Crippen LogP contribution < -0.4 is 4.72 Å². The zero-order valence-corrected chi connectivity index (χ0v) is 15.5. The Morgan fingerprint density at radius 1 is 1.28 bits per heavy atom. The first-order chi connectivity index (χ1) is 12.0. The highest BCUT2D eigenvalue weighted by Crippen LogP contribution is 2.29. The normalized spacial score (nSPS) is 11.8. The van der Waals surface area contributed by atoms with Gasteiger partial charge in [-0.05, 0) is 30.3 Å². The molecule has 0 amide bonds. The number of rotatable bonds is 7. The first-order valence-electron chi connectivity index (χ1n) is 7.17. The average molecular weight is 400 g/mol. The molecule has 0 bridgehead atoms. The Hall–Kier alpha value is -1.78. The zero-order chi connectivity index (χ0) is 17.9. The molecule has 3 aromatic rings. The van der Waals surface area contributed by atoms with Gasteiger partial charge in [0.2, 0.25) is 15.8 Å². The number of nitrogens with zero attached hydrogens (tertiary/aromatic N) is 2. The molecule has 0 aliphatic rings. The highest BCUT2D eigenvalue weighted by Gasteiger charge is 2.19. The maximum atomic E-state index is 12.2. The van der Waals surface area contributed by atoms with Gasteiger partial charge in [0.1, 0.15) is 4.21 Å². The first-order valence-corrected chi connectivity index (χ1v) is 9.91. The summed E-state index contributed by atoms with van der Waals surface area (Å²) in [5.74, 6) is 0.653. The fourth-order valence-corrected chi connectivity index (χ4v) is 4.31. The molecule has 1 N–H and O–H groups in total. The van der Waals surface area contributed by atoms with E-state index in [1.54, 1.807) is 29.6 Å². The average Bonchev–Trinajstić information content (AvgIpc) is 3.25.